The van der Waals surface area contributed by atoms with E-state index < -0.39 is 0 Å². The number of methoxy groups -OCH3 is 1. The lowest BCUT2D eigenvalue weighted by Crippen LogP contribution is -2.35. The summed E-state index contributed by atoms with van der Waals surface area (Å²) in [6.07, 6.45) is 0. The Morgan fingerprint density at radius 1 is 1.26 bits per heavy atom. The minimum absolute atomic E-state index is 0.215. The number of rotatable bonds is 8. The third kappa shape index (κ3) is 4.93. The van der Waals surface area contributed by atoms with Gasteiger partial charge in [0.15, 0.2) is 5.69 Å². The molecule has 3 aromatic rings. The number of nitrogens with one attached hydrogen (secondary N) is 1. The van der Waals surface area contributed by atoms with Gasteiger partial charge in [0.2, 0.25) is 0 Å². The van der Waals surface area contributed by atoms with Crippen molar-refractivity contribution in [2.24, 2.45) is 12.1 Å². The molecule has 0 spiro atoms. The van der Waals surface area contributed by atoms with E-state index in [0.717, 1.165) is 34.8 Å². The molecule has 0 atom stereocenters. The Morgan fingerprint density at radius 2 is 2.03 bits per heavy atom. The topological polar surface area (TPSA) is 88.6 Å². The van der Waals surface area contributed by atoms with Crippen molar-refractivity contribution in [3.63, 3.8) is 0 Å². The van der Waals surface area contributed by atoms with E-state index in [2.05, 4.69) is 22.3 Å². The number of benzene rings is 2. The minimum Gasteiger partial charge on any atom is -0.496 e. The zero-order chi connectivity index (χ0) is 22.5. The normalized spacial score (nSPS) is 10.6. The van der Waals surface area contributed by atoms with Crippen LogP contribution in [0.2, 0.25) is 0 Å². The van der Waals surface area contributed by atoms with Crippen molar-refractivity contribution in [1.29, 1.82) is 0 Å². The lowest BCUT2D eigenvalue weighted by atomic mass is 10.1. The van der Waals surface area contributed by atoms with Gasteiger partial charge in [-0.05, 0) is 68.3 Å². The Bertz CT molecular complexity index is 1140. The molecule has 0 aliphatic rings. The second-order valence-corrected chi connectivity index (χ2v) is 7.30. The van der Waals surface area contributed by atoms with Crippen LogP contribution in [-0.2, 0) is 13.7 Å². The second kappa shape index (κ2) is 9.46. The number of aryl methyl sites for hydroxylation is 2. The number of hydrazone groups is 1. The summed E-state index contributed by atoms with van der Waals surface area (Å²) in [6.45, 7) is 8.99. The highest BCUT2D eigenvalue weighted by Gasteiger charge is 2.21. The van der Waals surface area contributed by atoms with Gasteiger partial charge in [-0.2, -0.15) is 5.10 Å². The lowest BCUT2D eigenvalue weighted by molar-refractivity contribution is -0.785. The summed E-state index contributed by atoms with van der Waals surface area (Å²) in [7, 11) is 3.24. The maximum atomic E-state index is 12.3. The standard InChI is InChI=1S/C22H28N6O3/c1-7-27(23-15(2)3)17-11-12-20(16(4)13-17)31-14-18-19(9-8-10-21(18)30-6)28-22(29)24-26(5)25-28/h8-13H,7,14H2,1-6H3/p+1. The summed E-state index contributed by atoms with van der Waals surface area (Å²) < 4.78 is 12.9. The number of H-pyrrole nitrogens is 1. The van der Waals surface area contributed by atoms with Crippen molar-refractivity contribution in [2.45, 2.75) is 34.3 Å². The zero-order valence-electron chi connectivity index (χ0n) is 18.8. The smallest absolute Gasteiger partial charge is 0.471 e. The van der Waals surface area contributed by atoms with E-state index in [4.69, 9.17) is 9.47 Å². The molecule has 164 valence electrons. The number of tetrazole rings is 1. The van der Waals surface area contributed by atoms with Crippen LogP contribution in [0.25, 0.3) is 5.69 Å². The van der Waals surface area contributed by atoms with Gasteiger partial charge < -0.3 is 9.47 Å². The first-order valence-electron chi connectivity index (χ1n) is 10.1. The van der Waals surface area contributed by atoms with Gasteiger partial charge in [0, 0.05) is 12.3 Å². The molecule has 0 fully saturated rings. The third-order valence-corrected chi connectivity index (χ3v) is 4.68. The maximum absolute atomic E-state index is 12.3. The second-order valence-electron chi connectivity index (χ2n) is 7.30. The van der Waals surface area contributed by atoms with Gasteiger partial charge in [-0.3, -0.25) is 5.01 Å². The molecule has 31 heavy (non-hydrogen) atoms. The van der Waals surface area contributed by atoms with Crippen molar-refractivity contribution >= 4 is 11.4 Å². The highest BCUT2D eigenvalue weighted by atomic mass is 16.5. The molecule has 2 aromatic carbocycles. The van der Waals surface area contributed by atoms with Gasteiger partial charge in [-0.1, -0.05) is 10.9 Å². The first kappa shape index (κ1) is 22.1. The number of hydrogen-bond donors (Lipinski definition) is 1. The molecule has 0 bridgehead atoms. The molecule has 0 aliphatic carbocycles. The Kier molecular flexibility index (Phi) is 6.74. The number of aromatic nitrogens is 4. The molecular formula is C22H29N6O3+. The van der Waals surface area contributed by atoms with E-state index in [1.54, 1.807) is 14.2 Å². The molecule has 1 aromatic heterocycles. The number of hydrogen-bond acceptors (Lipinski definition) is 6. The van der Waals surface area contributed by atoms with E-state index in [9.17, 15) is 4.79 Å². The fourth-order valence-corrected chi connectivity index (χ4v) is 3.29. The molecule has 0 saturated heterocycles. The van der Waals surface area contributed by atoms with Crippen molar-refractivity contribution in [3.05, 3.63) is 58.0 Å². The van der Waals surface area contributed by atoms with Gasteiger partial charge >= 0.3 is 5.69 Å². The van der Waals surface area contributed by atoms with Gasteiger partial charge in [-0.25, -0.2) is 4.79 Å². The minimum atomic E-state index is -0.344. The van der Waals surface area contributed by atoms with Crippen LogP contribution in [0.15, 0.2) is 46.3 Å². The largest absolute Gasteiger partial charge is 0.496 e. The summed E-state index contributed by atoms with van der Waals surface area (Å²) in [5.74, 6) is 1.36. The molecule has 0 saturated carbocycles. The number of anilines is 1. The van der Waals surface area contributed by atoms with E-state index in [-0.39, 0.29) is 12.3 Å². The van der Waals surface area contributed by atoms with Gasteiger partial charge in [0.25, 0.3) is 0 Å². The highest BCUT2D eigenvalue weighted by Crippen LogP contribution is 2.29. The molecular weight excluding hydrogens is 396 g/mol. The first-order chi connectivity index (χ1) is 14.8. The monoisotopic (exact) mass is 425 g/mol. The molecule has 9 heteroatoms. The third-order valence-electron chi connectivity index (χ3n) is 4.68. The predicted molar refractivity (Wildman–Crippen MR) is 119 cm³/mol. The van der Waals surface area contributed by atoms with Gasteiger partial charge in [0.05, 0.1) is 18.4 Å². The number of nitrogens with zero attached hydrogens (tertiary/aromatic N) is 5. The van der Waals surface area contributed by atoms with Crippen molar-refractivity contribution in [3.8, 4) is 17.2 Å². The Labute approximate surface area is 181 Å². The summed E-state index contributed by atoms with van der Waals surface area (Å²) in [5.41, 5.74) is 3.96. The van der Waals surface area contributed by atoms with Crippen molar-refractivity contribution in [2.75, 3.05) is 18.7 Å². The van der Waals surface area contributed by atoms with E-state index in [0.29, 0.717) is 11.4 Å². The summed E-state index contributed by atoms with van der Waals surface area (Å²) in [4.78, 5) is 13.6. The number of aromatic amines is 1. The van der Waals surface area contributed by atoms with Crippen LogP contribution in [0.1, 0.15) is 31.9 Å². The van der Waals surface area contributed by atoms with E-state index in [1.165, 1.54) is 9.48 Å². The first-order valence-corrected chi connectivity index (χ1v) is 10.1. The molecule has 0 radical (unpaired) electrons. The summed E-state index contributed by atoms with van der Waals surface area (Å²) >= 11 is 0. The zero-order valence-corrected chi connectivity index (χ0v) is 18.8. The molecule has 0 unspecified atom stereocenters. The van der Waals surface area contributed by atoms with E-state index >= 15 is 0 Å². The van der Waals surface area contributed by atoms with Crippen LogP contribution in [0.5, 0.6) is 11.5 Å². The average molecular weight is 426 g/mol. The number of ether oxygens (including phenoxy) is 2. The van der Waals surface area contributed by atoms with Crippen LogP contribution in [0.3, 0.4) is 0 Å². The van der Waals surface area contributed by atoms with E-state index in [1.807, 2.05) is 62.2 Å². The lowest BCUT2D eigenvalue weighted by Gasteiger charge is -2.19. The van der Waals surface area contributed by atoms with Crippen LogP contribution in [-0.4, -0.2) is 34.4 Å². The predicted octanol–water partition coefficient (Wildman–Crippen LogP) is 2.50. The molecule has 9 nitrogen and oxygen atoms in total. The molecule has 1 heterocycles. The Balaban J connectivity index is 1.90. The van der Waals surface area contributed by atoms with Crippen molar-refractivity contribution < 1.29 is 14.3 Å². The highest BCUT2D eigenvalue weighted by molar-refractivity contribution is 5.80. The van der Waals surface area contributed by atoms with Gasteiger partial charge in [0.1, 0.15) is 30.4 Å². The SMILES string of the molecule is CCN(N=C(C)C)c1ccc(OCc2c(OC)cccc2-n2n[n+](C)[nH]c2=O)c(C)c1. The maximum Gasteiger partial charge on any atom is 0.471 e. The van der Waals surface area contributed by atoms with Crippen LogP contribution >= 0.6 is 0 Å². The average Bonchev–Trinajstić information content (AvgIpc) is 3.08. The molecule has 3 rings (SSSR count). The Hall–Kier alpha value is -3.62. The quantitative estimate of drug-likeness (QED) is 0.340. The van der Waals surface area contributed by atoms with Crippen LogP contribution in [0.4, 0.5) is 5.69 Å². The molecule has 0 amide bonds. The fourth-order valence-electron chi connectivity index (χ4n) is 3.29. The van der Waals surface area contributed by atoms with Crippen LogP contribution < -0.4 is 25.0 Å². The summed E-state index contributed by atoms with van der Waals surface area (Å²) in [6, 6.07) is 11.4. The van der Waals surface area contributed by atoms with Gasteiger partial charge in [-0.15, -0.1) is 5.10 Å². The molecule has 1 N–H and O–H groups in total. The Morgan fingerprint density at radius 3 is 2.61 bits per heavy atom. The molecule has 0 aliphatic heterocycles. The van der Waals surface area contributed by atoms with Crippen molar-refractivity contribution in [1.82, 2.24) is 15.0 Å². The van der Waals surface area contributed by atoms with Crippen LogP contribution in [0, 0.1) is 6.92 Å². The summed E-state index contributed by atoms with van der Waals surface area (Å²) in [5, 5.41) is 13.3. The fraction of sp³-hybridized carbons (Fsp3) is 0.364.